The van der Waals surface area contributed by atoms with Crippen molar-refractivity contribution in [2.45, 2.75) is 12.8 Å². The minimum absolute atomic E-state index is 0.0452. The molecular formula is C15H16BrNO4. The van der Waals surface area contributed by atoms with E-state index >= 15 is 0 Å². The molecule has 0 bridgehead atoms. The number of amides is 1. The Bertz CT molecular complexity index is 567. The Kier molecular flexibility index (Phi) is 5.38. The molecule has 0 saturated heterocycles. The van der Waals surface area contributed by atoms with Crippen LogP contribution in [0.1, 0.15) is 18.4 Å². The molecule has 0 unspecified atom stereocenters. The first-order valence-corrected chi connectivity index (χ1v) is 7.44. The summed E-state index contributed by atoms with van der Waals surface area (Å²) < 4.78 is 6.16. The van der Waals surface area contributed by atoms with Crippen molar-refractivity contribution >= 4 is 33.9 Å². The number of carboxylic acids is 1. The lowest BCUT2D eigenvalue weighted by Gasteiger charge is -2.08. The summed E-state index contributed by atoms with van der Waals surface area (Å²) in [5.41, 5.74) is 0.674. The first kappa shape index (κ1) is 15.6. The van der Waals surface area contributed by atoms with E-state index in [0.29, 0.717) is 17.2 Å². The van der Waals surface area contributed by atoms with Crippen LogP contribution < -0.4 is 10.1 Å². The van der Waals surface area contributed by atoms with Crippen molar-refractivity contribution in [2.75, 3.05) is 13.2 Å². The van der Waals surface area contributed by atoms with E-state index in [1.54, 1.807) is 18.2 Å². The minimum Gasteiger partial charge on any atom is -0.484 e. The number of hydrogen-bond acceptors (Lipinski definition) is 3. The van der Waals surface area contributed by atoms with Crippen LogP contribution in [0.3, 0.4) is 0 Å². The fourth-order valence-corrected chi connectivity index (χ4v) is 2.06. The van der Waals surface area contributed by atoms with Gasteiger partial charge in [-0.3, -0.25) is 4.79 Å². The SMILES string of the molecule is O=C(O)/C=C/c1cc(OCC(=O)NCC2CC2)ccc1Br. The zero-order chi connectivity index (χ0) is 15.2. The summed E-state index contributed by atoms with van der Waals surface area (Å²) in [5.74, 6) is -0.0145. The summed E-state index contributed by atoms with van der Waals surface area (Å²) in [6.07, 6.45) is 4.89. The number of carbonyl (C=O) groups excluding carboxylic acids is 1. The predicted octanol–water partition coefficient (Wildman–Crippen LogP) is 2.45. The zero-order valence-corrected chi connectivity index (χ0v) is 12.9. The summed E-state index contributed by atoms with van der Waals surface area (Å²) in [7, 11) is 0. The van der Waals surface area contributed by atoms with Crippen molar-refractivity contribution in [3.05, 3.63) is 34.3 Å². The van der Waals surface area contributed by atoms with Crippen LogP contribution in [0, 0.1) is 5.92 Å². The lowest BCUT2D eigenvalue weighted by Crippen LogP contribution is -2.30. The molecule has 0 atom stereocenters. The highest BCUT2D eigenvalue weighted by Gasteiger charge is 2.21. The van der Waals surface area contributed by atoms with E-state index in [9.17, 15) is 9.59 Å². The van der Waals surface area contributed by atoms with Crippen molar-refractivity contribution in [2.24, 2.45) is 5.92 Å². The molecule has 1 aromatic carbocycles. The number of benzene rings is 1. The third-order valence-electron chi connectivity index (χ3n) is 3.03. The Balaban J connectivity index is 1.88. The van der Waals surface area contributed by atoms with Crippen LogP contribution in [0.2, 0.25) is 0 Å². The van der Waals surface area contributed by atoms with Gasteiger partial charge in [-0.25, -0.2) is 4.79 Å². The molecule has 0 aromatic heterocycles. The van der Waals surface area contributed by atoms with Gasteiger partial charge in [-0.05, 0) is 48.6 Å². The Morgan fingerprint density at radius 3 is 2.86 bits per heavy atom. The molecule has 6 heteroatoms. The molecule has 1 fully saturated rings. The third kappa shape index (κ3) is 5.59. The number of carbonyl (C=O) groups is 2. The first-order valence-electron chi connectivity index (χ1n) is 6.64. The van der Waals surface area contributed by atoms with E-state index in [4.69, 9.17) is 9.84 Å². The molecule has 1 aromatic rings. The number of rotatable bonds is 7. The number of carboxylic acid groups (broad SMARTS) is 1. The number of ether oxygens (including phenoxy) is 1. The molecule has 1 saturated carbocycles. The van der Waals surface area contributed by atoms with Crippen LogP contribution in [0.4, 0.5) is 0 Å². The second-order valence-electron chi connectivity index (χ2n) is 4.89. The van der Waals surface area contributed by atoms with Gasteiger partial charge in [0.15, 0.2) is 6.61 Å². The van der Waals surface area contributed by atoms with Crippen LogP contribution in [0.5, 0.6) is 5.75 Å². The van der Waals surface area contributed by atoms with Gasteiger partial charge in [0.2, 0.25) is 0 Å². The van der Waals surface area contributed by atoms with Crippen LogP contribution in [-0.2, 0) is 9.59 Å². The average Bonchev–Trinajstić information content (AvgIpc) is 3.26. The van der Waals surface area contributed by atoms with Gasteiger partial charge in [0.25, 0.3) is 5.91 Å². The highest BCUT2D eigenvalue weighted by atomic mass is 79.9. The third-order valence-corrected chi connectivity index (χ3v) is 3.75. The van der Waals surface area contributed by atoms with Crippen molar-refractivity contribution in [3.63, 3.8) is 0 Å². The average molecular weight is 354 g/mol. The molecule has 112 valence electrons. The summed E-state index contributed by atoms with van der Waals surface area (Å²) in [4.78, 5) is 22.1. The molecular weight excluding hydrogens is 338 g/mol. The molecule has 0 heterocycles. The summed E-state index contributed by atoms with van der Waals surface area (Å²) >= 11 is 3.33. The molecule has 1 amide bonds. The normalized spacial score (nSPS) is 14.1. The zero-order valence-electron chi connectivity index (χ0n) is 11.3. The Hall–Kier alpha value is -1.82. The molecule has 0 aliphatic heterocycles. The fraction of sp³-hybridized carbons (Fsp3) is 0.333. The molecule has 1 aliphatic carbocycles. The summed E-state index contributed by atoms with van der Waals surface area (Å²) in [5, 5.41) is 11.4. The van der Waals surface area contributed by atoms with Crippen LogP contribution in [-0.4, -0.2) is 30.1 Å². The van der Waals surface area contributed by atoms with Gasteiger partial charge in [-0.1, -0.05) is 15.9 Å². The topological polar surface area (TPSA) is 75.6 Å². The maximum atomic E-state index is 11.6. The summed E-state index contributed by atoms with van der Waals surface area (Å²) in [6, 6.07) is 5.15. The van der Waals surface area contributed by atoms with Crippen LogP contribution >= 0.6 is 15.9 Å². The summed E-state index contributed by atoms with van der Waals surface area (Å²) in [6.45, 7) is 0.672. The van der Waals surface area contributed by atoms with E-state index in [1.807, 2.05) is 0 Å². The molecule has 21 heavy (non-hydrogen) atoms. The molecule has 0 spiro atoms. The maximum absolute atomic E-state index is 11.6. The minimum atomic E-state index is -1.02. The number of nitrogens with one attached hydrogen (secondary N) is 1. The van der Waals surface area contributed by atoms with Gasteiger partial charge >= 0.3 is 5.97 Å². The first-order chi connectivity index (χ1) is 10.0. The molecule has 1 aliphatic rings. The van der Waals surface area contributed by atoms with Gasteiger partial charge in [0.05, 0.1) is 0 Å². The smallest absolute Gasteiger partial charge is 0.328 e. The fourth-order valence-electron chi connectivity index (χ4n) is 1.68. The lowest BCUT2D eigenvalue weighted by molar-refractivity contribution is -0.131. The van der Waals surface area contributed by atoms with Crippen molar-refractivity contribution < 1.29 is 19.4 Å². The van der Waals surface area contributed by atoms with E-state index in [0.717, 1.165) is 17.1 Å². The van der Waals surface area contributed by atoms with Gasteiger partial charge in [-0.15, -0.1) is 0 Å². The van der Waals surface area contributed by atoms with E-state index < -0.39 is 5.97 Å². The number of halogens is 1. The second-order valence-corrected chi connectivity index (χ2v) is 5.75. The van der Waals surface area contributed by atoms with Crippen LogP contribution in [0.25, 0.3) is 6.08 Å². The van der Waals surface area contributed by atoms with E-state index in [2.05, 4.69) is 21.2 Å². The van der Waals surface area contributed by atoms with Crippen LogP contribution in [0.15, 0.2) is 28.7 Å². The predicted molar refractivity (Wildman–Crippen MR) is 82.0 cm³/mol. The van der Waals surface area contributed by atoms with Gasteiger partial charge in [0.1, 0.15) is 5.75 Å². The highest BCUT2D eigenvalue weighted by Crippen LogP contribution is 2.27. The van der Waals surface area contributed by atoms with Crippen molar-refractivity contribution in [1.29, 1.82) is 0 Å². The molecule has 5 nitrogen and oxygen atoms in total. The van der Waals surface area contributed by atoms with Gasteiger partial charge < -0.3 is 15.2 Å². The Labute approximate surface area is 131 Å². The molecule has 0 radical (unpaired) electrons. The highest BCUT2D eigenvalue weighted by molar-refractivity contribution is 9.10. The largest absolute Gasteiger partial charge is 0.484 e. The standard InChI is InChI=1S/C15H16BrNO4/c16-13-5-4-12(7-11(13)3-6-15(19)20)21-9-14(18)17-8-10-1-2-10/h3-7,10H,1-2,8-9H2,(H,17,18)(H,19,20)/b6-3+. The monoisotopic (exact) mass is 353 g/mol. The van der Waals surface area contributed by atoms with Crippen molar-refractivity contribution in [3.8, 4) is 5.75 Å². The van der Waals surface area contributed by atoms with Gasteiger partial charge in [0, 0.05) is 17.1 Å². The maximum Gasteiger partial charge on any atom is 0.328 e. The van der Waals surface area contributed by atoms with Crippen molar-refractivity contribution in [1.82, 2.24) is 5.32 Å². The molecule has 2 N–H and O–H groups in total. The van der Waals surface area contributed by atoms with E-state index in [1.165, 1.54) is 18.9 Å². The van der Waals surface area contributed by atoms with Gasteiger partial charge in [-0.2, -0.15) is 0 Å². The lowest BCUT2D eigenvalue weighted by atomic mass is 10.2. The quantitative estimate of drug-likeness (QED) is 0.738. The Morgan fingerprint density at radius 1 is 1.43 bits per heavy atom. The second kappa shape index (κ2) is 7.26. The number of hydrogen-bond donors (Lipinski definition) is 2. The molecule has 2 rings (SSSR count). The number of aliphatic carboxylic acids is 1. The Morgan fingerprint density at radius 2 is 2.19 bits per heavy atom. The van der Waals surface area contributed by atoms with E-state index in [-0.39, 0.29) is 12.5 Å².